The summed E-state index contributed by atoms with van der Waals surface area (Å²) in [6, 6.07) is 7.93. The van der Waals surface area contributed by atoms with Gasteiger partial charge in [-0.3, -0.25) is 9.89 Å². The standard InChI is InChI=1S/C23H27ClN2O/c1-13(2)21-20-17(25-26-21)10-14-11-22(3,4)12-18(27)19(14)23(20,5)15-8-6-7-9-16(15)24/h6-9,13H,10-12H2,1-5H3,(H,25,26)/t23-/m0/s1. The Balaban J connectivity index is 2.06. The van der Waals surface area contributed by atoms with E-state index in [4.69, 9.17) is 11.6 Å². The molecule has 0 aliphatic heterocycles. The number of allylic oxidation sites excluding steroid dienone is 2. The monoisotopic (exact) mass is 382 g/mol. The van der Waals surface area contributed by atoms with Gasteiger partial charge in [-0.25, -0.2) is 0 Å². The summed E-state index contributed by atoms with van der Waals surface area (Å²) in [6.45, 7) is 10.8. The fourth-order valence-electron chi connectivity index (χ4n) is 5.20. The van der Waals surface area contributed by atoms with Crippen molar-refractivity contribution in [3.05, 3.63) is 62.9 Å². The van der Waals surface area contributed by atoms with E-state index < -0.39 is 5.41 Å². The highest BCUT2D eigenvalue weighted by atomic mass is 35.5. The number of aromatic amines is 1. The SMILES string of the molecule is CC(C)c1n[nH]c2c1[C@@](C)(c1ccccc1Cl)C1=C(C2)CC(C)(C)CC1=O. The van der Waals surface area contributed by atoms with E-state index in [-0.39, 0.29) is 17.1 Å². The smallest absolute Gasteiger partial charge is 0.160 e. The van der Waals surface area contributed by atoms with E-state index in [1.807, 2.05) is 18.2 Å². The van der Waals surface area contributed by atoms with Crippen molar-refractivity contribution in [3.8, 4) is 0 Å². The molecule has 4 heteroatoms. The quantitative estimate of drug-likeness (QED) is 0.720. The molecular formula is C23H27ClN2O. The molecule has 0 fully saturated rings. The Bertz CT molecular complexity index is 967. The number of ketones is 1. The Morgan fingerprint density at radius 2 is 1.85 bits per heavy atom. The van der Waals surface area contributed by atoms with Crippen molar-refractivity contribution in [2.45, 2.75) is 65.2 Å². The second-order valence-corrected chi connectivity index (χ2v) is 9.73. The fraction of sp³-hybridized carbons (Fsp3) is 0.478. The fourth-order valence-corrected chi connectivity index (χ4v) is 5.53. The molecule has 0 bridgehead atoms. The highest BCUT2D eigenvalue weighted by Gasteiger charge is 2.49. The molecule has 1 N–H and O–H groups in total. The topological polar surface area (TPSA) is 45.8 Å². The minimum Gasteiger partial charge on any atom is -0.294 e. The van der Waals surface area contributed by atoms with E-state index in [2.05, 4.69) is 50.9 Å². The van der Waals surface area contributed by atoms with Crippen molar-refractivity contribution in [2.75, 3.05) is 0 Å². The summed E-state index contributed by atoms with van der Waals surface area (Å²) >= 11 is 6.68. The van der Waals surface area contributed by atoms with Gasteiger partial charge in [0.15, 0.2) is 5.78 Å². The van der Waals surface area contributed by atoms with Crippen LogP contribution in [0.5, 0.6) is 0 Å². The lowest BCUT2D eigenvalue weighted by Gasteiger charge is -2.44. The third kappa shape index (κ3) is 2.70. The predicted molar refractivity (Wildman–Crippen MR) is 109 cm³/mol. The number of hydrogen-bond acceptors (Lipinski definition) is 2. The van der Waals surface area contributed by atoms with E-state index in [9.17, 15) is 4.79 Å². The van der Waals surface area contributed by atoms with Crippen molar-refractivity contribution < 1.29 is 4.79 Å². The lowest BCUT2D eigenvalue weighted by atomic mass is 9.58. The molecule has 27 heavy (non-hydrogen) atoms. The van der Waals surface area contributed by atoms with Gasteiger partial charge < -0.3 is 0 Å². The van der Waals surface area contributed by atoms with Gasteiger partial charge in [0, 0.05) is 34.7 Å². The first kappa shape index (κ1) is 18.5. The van der Waals surface area contributed by atoms with Gasteiger partial charge in [-0.15, -0.1) is 0 Å². The number of halogens is 1. The van der Waals surface area contributed by atoms with Crippen LogP contribution in [0.3, 0.4) is 0 Å². The van der Waals surface area contributed by atoms with E-state index in [1.54, 1.807) is 0 Å². The summed E-state index contributed by atoms with van der Waals surface area (Å²) in [5, 5.41) is 8.65. The number of rotatable bonds is 2. The van der Waals surface area contributed by atoms with Crippen molar-refractivity contribution >= 4 is 17.4 Å². The number of H-pyrrole nitrogens is 1. The van der Waals surface area contributed by atoms with E-state index in [0.717, 1.165) is 40.9 Å². The molecule has 3 nitrogen and oxygen atoms in total. The van der Waals surface area contributed by atoms with Crippen LogP contribution in [-0.2, 0) is 16.6 Å². The minimum atomic E-state index is -0.568. The van der Waals surface area contributed by atoms with Crippen LogP contribution in [0.2, 0.25) is 5.02 Å². The van der Waals surface area contributed by atoms with Crippen LogP contribution in [0.1, 0.15) is 75.9 Å². The highest BCUT2D eigenvalue weighted by molar-refractivity contribution is 6.31. The molecule has 2 aromatic rings. The predicted octanol–water partition coefficient (Wildman–Crippen LogP) is 5.73. The van der Waals surface area contributed by atoms with Crippen molar-refractivity contribution in [3.63, 3.8) is 0 Å². The molecule has 0 spiro atoms. The van der Waals surface area contributed by atoms with Gasteiger partial charge in [0.25, 0.3) is 0 Å². The lowest BCUT2D eigenvalue weighted by Crippen LogP contribution is -2.41. The maximum Gasteiger partial charge on any atom is 0.160 e. The molecular weight excluding hydrogens is 356 g/mol. The zero-order chi connectivity index (χ0) is 19.6. The molecule has 1 heterocycles. The number of carbonyl (C=O) groups excluding carboxylic acids is 1. The molecule has 2 aliphatic carbocycles. The number of fused-ring (bicyclic) bond motifs is 1. The Kier molecular flexibility index (Phi) is 4.15. The molecule has 4 rings (SSSR count). The molecule has 0 radical (unpaired) electrons. The molecule has 0 saturated heterocycles. The maximum absolute atomic E-state index is 13.4. The molecule has 1 aromatic carbocycles. The first-order valence-corrected chi connectivity index (χ1v) is 10.1. The average molecular weight is 383 g/mol. The van der Waals surface area contributed by atoms with Crippen molar-refractivity contribution in [1.82, 2.24) is 10.2 Å². The van der Waals surface area contributed by atoms with Gasteiger partial charge >= 0.3 is 0 Å². The number of aromatic nitrogens is 2. The molecule has 0 amide bonds. The van der Waals surface area contributed by atoms with Gasteiger partial charge in [-0.1, -0.05) is 63.1 Å². The second-order valence-electron chi connectivity index (χ2n) is 9.32. The summed E-state index contributed by atoms with van der Waals surface area (Å²) in [7, 11) is 0. The first-order chi connectivity index (χ1) is 12.6. The zero-order valence-electron chi connectivity index (χ0n) is 16.7. The molecule has 1 atom stereocenters. The Hall–Kier alpha value is -1.87. The number of Topliss-reactive ketones (excluding diaryl/α,β-unsaturated/α-hetero) is 1. The van der Waals surface area contributed by atoms with Crippen LogP contribution in [-0.4, -0.2) is 16.0 Å². The number of nitrogens with one attached hydrogen (secondary N) is 1. The van der Waals surface area contributed by atoms with Crippen molar-refractivity contribution in [1.29, 1.82) is 0 Å². The van der Waals surface area contributed by atoms with E-state index in [0.29, 0.717) is 11.4 Å². The van der Waals surface area contributed by atoms with Crippen LogP contribution in [0, 0.1) is 5.41 Å². The number of nitrogens with zero attached hydrogens (tertiary/aromatic N) is 1. The number of carbonyl (C=O) groups is 1. The van der Waals surface area contributed by atoms with Gasteiger partial charge in [0.05, 0.1) is 11.1 Å². The second kappa shape index (κ2) is 6.07. The van der Waals surface area contributed by atoms with Crippen LogP contribution < -0.4 is 0 Å². The van der Waals surface area contributed by atoms with Gasteiger partial charge in [-0.2, -0.15) is 5.10 Å². The zero-order valence-corrected chi connectivity index (χ0v) is 17.5. The Labute approximate surface area is 166 Å². The van der Waals surface area contributed by atoms with E-state index in [1.165, 1.54) is 5.57 Å². The molecule has 0 unspecified atom stereocenters. The van der Waals surface area contributed by atoms with Crippen LogP contribution in [0.25, 0.3) is 0 Å². The molecule has 2 aliphatic rings. The largest absolute Gasteiger partial charge is 0.294 e. The lowest BCUT2D eigenvalue weighted by molar-refractivity contribution is -0.118. The summed E-state index contributed by atoms with van der Waals surface area (Å²) in [5.74, 6) is 0.523. The molecule has 142 valence electrons. The Morgan fingerprint density at radius 1 is 1.15 bits per heavy atom. The van der Waals surface area contributed by atoms with Gasteiger partial charge in [-0.05, 0) is 36.3 Å². The minimum absolute atomic E-state index is 0.00425. The Morgan fingerprint density at radius 3 is 2.52 bits per heavy atom. The van der Waals surface area contributed by atoms with Crippen LogP contribution >= 0.6 is 11.6 Å². The summed E-state index contributed by atoms with van der Waals surface area (Å²) in [6.07, 6.45) is 2.29. The van der Waals surface area contributed by atoms with E-state index >= 15 is 0 Å². The third-order valence-corrected chi connectivity index (χ3v) is 6.51. The summed E-state index contributed by atoms with van der Waals surface area (Å²) < 4.78 is 0. The van der Waals surface area contributed by atoms with Crippen LogP contribution in [0.15, 0.2) is 35.4 Å². The third-order valence-electron chi connectivity index (χ3n) is 6.18. The van der Waals surface area contributed by atoms with Crippen LogP contribution in [0.4, 0.5) is 0 Å². The van der Waals surface area contributed by atoms with Gasteiger partial charge in [0.2, 0.25) is 0 Å². The first-order valence-electron chi connectivity index (χ1n) is 9.73. The number of benzene rings is 1. The van der Waals surface area contributed by atoms with Crippen molar-refractivity contribution in [2.24, 2.45) is 5.41 Å². The normalized spacial score (nSPS) is 24.2. The number of hydrogen-bond donors (Lipinski definition) is 1. The average Bonchev–Trinajstić information content (AvgIpc) is 2.98. The highest BCUT2D eigenvalue weighted by Crippen LogP contribution is 2.54. The molecule has 1 aromatic heterocycles. The molecule has 0 saturated carbocycles. The summed E-state index contributed by atoms with van der Waals surface area (Å²) in [4.78, 5) is 13.4. The van der Waals surface area contributed by atoms with Gasteiger partial charge in [0.1, 0.15) is 0 Å². The summed E-state index contributed by atoms with van der Waals surface area (Å²) in [5.41, 5.74) is 5.93. The maximum atomic E-state index is 13.4.